The molecule has 2 heterocycles. The maximum Gasteiger partial charge on any atom is 0.349 e. The van der Waals surface area contributed by atoms with Crippen LogP contribution < -0.4 is 10.4 Å². The van der Waals surface area contributed by atoms with Gasteiger partial charge in [-0.3, -0.25) is 4.79 Å². The lowest BCUT2D eigenvalue weighted by molar-refractivity contribution is 0.0762. The SMILES string of the molecule is COc1cccc2cc(C(=O)N3CCC(c4ccccc4Cl)S(=O)(=O)CC3)c(=O)oc12. The third-order valence-electron chi connectivity index (χ3n) is 5.45. The second-order valence-corrected chi connectivity index (χ2v) is 9.99. The topological polar surface area (TPSA) is 93.9 Å². The number of rotatable bonds is 3. The van der Waals surface area contributed by atoms with E-state index in [0.29, 0.717) is 21.7 Å². The van der Waals surface area contributed by atoms with Crippen LogP contribution in [0, 0.1) is 0 Å². The highest BCUT2D eigenvalue weighted by Crippen LogP contribution is 2.34. The number of benzene rings is 2. The molecule has 2 aromatic carbocycles. The Morgan fingerprint density at radius 3 is 2.68 bits per heavy atom. The lowest BCUT2D eigenvalue weighted by atomic mass is 10.1. The van der Waals surface area contributed by atoms with Gasteiger partial charge in [-0.05, 0) is 30.2 Å². The standard InChI is InChI=1S/C22H20ClNO6S/c1-29-18-8-4-5-14-13-16(22(26)30-20(14)18)21(25)24-10-9-19(31(27,28)12-11-24)15-6-2-3-7-17(15)23/h2-8,13,19H,9-12H2,1H3. The third kappa shape index (κ3) is 4.05. The number of nitrogens with zero attached hydrogens (tertiary/aromatic N) is 1. The molecule has 1 aliphatic heterocycles. The van der Waals surface area contributed by atoms with E-state index in [1.54, 1.807) is 42.5 Å². The average molecular weight is 462 g/mol. The van der Waals surface area contributed by atoms with Gasteiger partial charge in [0.25, 0.3) is 5.91 Å². The molecule has 1 unspecified atom stereocenters. The highest BCUT2D eigenvalue weighted by Gasteiger charge is 2.34. The van der Waals surface area contributed by atoms with Crippen molar-refractivity contribution >= 4 is 38.3 Å². The average Bonchev–Trinajstić information content (AvgIpc) is 2.91. The molecule has 7 nitrogen and oxygen atoms in total. The number of halogens is 1. The lowest BCUT2D eigenvalue weighted by Crippen LogP contribution is -2.36. The summed E-state index contributed by atoms with van der Waals surface area (Å²) in [6, 6.07) is 13.3. The van der Waals surface area contributed by atoms with Crippen LogP contribution in [0.25, 0.3) is 11.0 Å². The molecule has 31 heavy (non-hydrogen) atoms. The van der Waals surface area contributed by atoms with Gasteiger partial charge in [-0.2, -0.15) is 0 Å². The number of carbonyl (C=O) groups excluding carboxylic acids is 1. The van der Waals surface area contributed by atoms with Crippen LogP contribution in [0.2, 0.25) is 5.02 Å². The van der Waals surface area contributed by atoms with Gasteiger partial charge in [-0.1, -0.05) is 41.9 Å². The van der Waals surface area contributed by atoms with Crippen molar-refractivity contribution in [3.8, 4) is 5.75 Å². The predicted molar refractivity (Wildman–Crippen MR) is 118 cm³/mol. The summed E-state index contributed by atoms with van der Waals surface area (Å²) >= 11 is 6.23. The summed E-state index contributed by atoms with van der Waals surface area (Å²) in [5, 5.41) is 0.106. The summed E-state index contributed by atoms with van der Waals surface area (Å²) in [4.78, 5) is 27.0. The number of hydrogen-bond donors (Lipinski definition) is 0. The molecule has 0 aliphatic carbocycles. The summed E-state index contributed by atoms with van der Waals surface area (Å²) in [5.74, 6) is -0.396. The van der Waals surface area contributed by atoms with Crippen molar-refractivity contribution in [3.05, 3.63) is 75.1 Å². The lowest BCUT2D eigenvalue weighted by Gasteiger charge is -2.20. The number of sulfone groups is 1. The second-order valence-electron chi connectivity index (χ2n) is 7.28. The van der Waals surface area contributed by atoms with Gasteiger partial charge in [0.15, 0.2) is 21.2 Å². The fourth-order valence-corrected chi connectivity index (χ4v) is 5.98. The molecular formula is C22H20ClNO6S. The van der Waals surface area contributed by atoms with Crippen molar-refractivity contribution < 1.29 is 22.4 Å². The molecule has 1 amide bonds. The minimum absolute atomic E-state index is 0.0162. The molecule has 1 aromatic heterocycles. The number of para-hydroxylation sites is 1. The van der Waals surface area contributed by atoms with Crippen molar-refractivity contribution in [1.29, 1.82) is 0 Å². The molecule has 0 N–H and O–H groups in total. The van der Waals surface area contributed by atoms with Crippen LogP contribution in [0.5, 0.6) is 5.75 Å². The van der Waals surface area contributed by atoms with Crippen LogP contribution in [0.4, 0.5) is 0 Å². The van der Waals surface area contributed by atoms with E-state index < -0.39 is 26.6 Å². The van der Waals surface area contributed by atoms with E-state index in [1.165, 1.54) is 18.1 Å². The molecule has 0 spiro atoms. The van der Waals surface area contributed by atoms with Gasteiger partial charge in [0.1, 0.15) is 5.56 Å². The highest BCUT2D eigenvalue weighted by molar-refractivity contribution is 7.91. The van der Waals surface area contributed by atoms with Gasteiger partial charge >= 0.3 is 5.63 Å². The largest absolute Gasteiger partial charge is 0.493 e. The van der Waals surface area contributed by atoms with E-state index in [1.807, 2.05) is 0 Å². The summed E-state index contributed by atoms with van der Waals surface area (Å²) in [5.41, 5.74) is -0.161. The number of methoxy groups -OCH3 is 1. The molecular weight excluding hydrogens is 442 g/mol. The molecule has 1 atom stereocenters. The molecule has 0 radical (unpaired) electrons. The van der Waals surface area contributed by atoms with Gasteiger partial charge < -0.3 is 14.1 Å². The number of fused-ring (bicyclic) bond motifs is 1. The fraction of sp³-hybridized carbons (Fsp3) is 0.273. The number of carbonyl (C=O) groups is 1. The maximum absolute atomic E-state index is 13.1. The zero-order valence-electron chi connectivity index (χ0n) is 16.7. The Balaban J connectivity index is 1.65. The molecule has 1 aliphatic rings. The number of amides is 1. The van der Waals surface area contributed by atoms with Gasteiger partial charge in [0.05, 0.1) is 18.1 Å². The highest BCUT2D eigenvalue weighted by atomic mass is 35.5. The van der Waals surface area contributed by atoms with Crippen LogP contribution in [0.15, 0.2) is 57.7 Å². The molecule has 162 valence electrons. The zero-order valence-corrected chi connectivity index (χ0v) is 18.3. The van der Waals surface area contributed by atoms with Crippen LogP contribution in [-0.2, 0) is 9.84 Å². The van der Waals surface area contributed by atoms with Gasteiger partial charge in [-0.25, -0.2) is 13.2 Å². The minimum atomic E-state index is -3.53. The van der Waals surface area contributed by atoms with Crippen molar-refractivity contribution in [3.63, 3.8) is 0 Å². The van der Waals surface area contributed by atoms with Gasteiger partial charge in [-0.15, -0.1) is 0 Å². The Kier molecular flexibility index (Phi) is 5.77. The predicted octanol–water partition coefficient (Wildman–Crippen LogP) is 3.46. The van der Waals surface area contributed by atoms with E-state index in [9.17, 15) is 18.0 Å². The maximum atomic E-state index is 13.1. The molecule has 0 bridgehead atoms. The van der Waals surface area contributed by atoms with Crippen molar-refractivity contribution in [2.75, 3.05) is 26.0 Å². The van der Waals surface area contributed by atoms with E-state index in [-0.39, 0.29) is 36.4 Å². The van der Waals surface area contributed by atoms with Gasteiger partial charge in [0.2, 0.25) is 0 Å². The van der Waals surface area contributed by atoms with Crippen molar-refractivity contribution in [1.82, 2.24) is 4.90 Å². The fourth-order valence-electron chi connectivity index (χ4n) is 3.83. The second kappa shape index (κ2) is 8.36. The summed E-state index contributed by atoms with van der Waals surface area (Å²) in [7, 11) is -2.08. The molecule has 1 fully saturated rings. The first-order valence-corrected chi connectivity index (χ1v) is 11.8. The Bertz CT molecular complexity index is 1320. The van der Waals surface area contributed by atoms with Crippen LogP contribution >= 0.6 is 11.6 Å². The quantitative estimate of drug-likeness (QED) is 0.554. The van der Waals surface area contributed by atoms with Crippen molar-refractivity contribution in [2.45, 2.75) is 11.7 Å². The normalized spacial score (nSPS) is 18.5. The Morgan fingerprint density at radius 1 is 1.16 bits per heavy atom. The third-order valence-corrected chi connectivity index (χ3v) is 7.91. The summed E-state index contributed by atoms with van der Waals surface area (Å²) in [6.45, 7) is 0.154. The van der Waals surface area contributed by atoms with E-state index in [4.69, 9.17) is 20.8 Å². The summed E-state index contributed by atoms with van der Waals surface area (Å²) in [6.07, 6.45) is 0.185. The number of hydrogen-bond acceptors (Lipinski definition) is 6. The minimum Gasteiger partial charge on any atom is -0.493 e. The zero-order chi connectivity index (χ0) is 22.2. The molecule has 1 saturated heterocycles. The van der Waals surface area contributed by atoms with E-state index in [0.717, 1.165) is 0 Å². The first kappa shape index (κ1) is 21.4. The molecule has 9 heteroatoms. The Morgan fingerprint density at radius 2 is 1.94 bits per heavy atom. The first-order valence-electron chi connectivity index (χ1n) is 9.68. The van der Waals surface area contributed by atoms with E-state index >= 15 is 0 Å². The van der Waals surface area contributed by atoms with Crippen LogP contribution in [-0.4, -0.2) is 45.2 Å². The van der Waals surface area contributed by atoms with E-state index in [2.05, 4.69) is 0 Å². The monoisotopic (exact) mass is 461 g/mol. The van der Waals surface area contributed by atoms with Gasteiger partial charge in [0, 0.05) is 23.5 Å². The molecule has 3 aromatic rings. The smallest absolute Gasteiger partial charge is 0.349 e. The number of ether oxygens (including phenoxy) is 1. The Labute approximate surface area is 184 Å². The van der Waals surface area contributed by atoms with Crippen molar-refractivity contribution in [2.24, 2.45) is 0 Å². The van der Waals surface area contributed by atoms with Crippen LogP contribution in [0.1, 0.15) is 27.6 Å². The van der Waals surface area contributed by atoms with Crippen LogP contribution in [0.3, 0.4) is 0 Å². The summed E-state index contributed by atoms with van der Waals surface area (Å²) < 4.78 is 36.3. The first-order chi connectivity index (χ1) is 14.8. The molecule has 4 rings (SSSR count). The Hall–Kier alpha value is -2.84. The molecule has 0 saturated carbocycles.